The molecule has 0 saturated heterocycles. The monoisotopic (exact) mass is 277 g/mol. The second-order valence-corrected chi connectivity index (χ2v) is 0. The van der Waals surface area contributed by atoms with Gasteiger partial charge in [0.1, 0.15) is 0 Å². The average Bonchev–Trinajstić information content (AvgIpc) is 0. The van der Waals surface area contributed by atoms with E-state index in [9.17, 15) is 0 Å². The summed E-state index contributed by atoms with van der Waals surface area (Å²) in [6.07, 6.45) is 0. The van der Waals surface area contributed by atoms with Crippen LogP contribution in [0.25, 0.3) is 0 Å². The van der Waals surface area contributed by atoms with E-state index in [1.807, 2.05) is 0 Å². The van der Waals surface area contributed by atoms with Crippen LogP contribution < -0.4 is 0 Å². The Bertz CT molecular complexity index is 11.7. The molecule has 0 N–H and O–H groups in total. The Morgan fingerprint density at radius 2 is 0.571 bits per heavy atom. The van der Waals surface area contributed by atoms with Gasteiger partial charge in [0.25, 0.3) is 0 Å². The van der Waals surface area contributed by atoms with Gasteiger partial charge in [-0.15, -0.1) is 0 Å². The van der Waals surface area contributed by atoms with Crippen molar-refractivity contribution in [2.45, 2.75) is 0 Å². The normalized spacial score (nSPS) is 0. The molecule has 7 heteroatoms. The Morgan fingerprint density at radius 1 is 0.571 bits per heavy atom. The molecule has 0 aliphatic rings. The molecule has 0 aromatic rings. The predicted molar refractivity (Wildman–Crippen MR) is 2.75 cm³/mol. The molecular formula is AgMnO4V-5. The zero-order valence-corrected chi connectivity index (χ0v) is 6.82. The number of hydrogen-bond donors (Lipinski definition) is 0. The number of rotatable bonds is 0. The van der Waals surface area contributed by atoms with E-state index in [4.69, 9.17) is 0 Å². The third-order valence-electron chi connectivity index (χ3n) is 0. The van der Waals surface area contributed by atoms with Crippen molar-refractivity contribution in [3.63, 3.8) is 0 Å². The van der Waals surface area contributed by atoms with Crippen molar-refractivity contribution < 1.29 is 79.9 Å². The summed E-state index contributed by atoms with van der Waals surface area (Å²) in [6.45, 7) is 0. The molecule has 0 aliphatic carbocycles. The van der Waals surface area contributed by atoms with E-state index in [1.165, 1.54) is 0 Å². The quantitative estimate of drug-likeness (QED) is 0.532. The van der Waals surface area contributed by atoms with Crippen LogP contribution in [0, 0.1) is 0 Å². The van der Waals surface area contributed by atoms with E-state index < -0.39 is 0 Å². The van der Waals surface area contributed by atoms with Crippen molar-refractivity contribution in [2.75, 3.05) is 0 Å². The van der Waals surface area contributed by atoms with Crippen LogP contribution >= 0.6 is 0 Å². The van der Waals surface area contributed by atoms with Crippen molar-refractivity contribution in [2.24, 2.45) is 0 Å². The molecular weight excluding hydrogens is 278 g/mol. The van der Waals surface area contributed by atoms with Crippen LogP contribution in [0.4, 0.5) is 0 Å². The molecule has 0 aromatic carbocycles. The Kier molecular flexibility index (Phi) is 3130. The third kappa shape index (κ3) is 87.5. The minimum atomic E-state index is 0. The molecule has 0 spiro atoms. The first-order valence-corrected chi connectivity index (χ1v) is 0. The SMILES string of the molecule is [Ag+].[Mn+2].[O-2].[O-2].[O-2].[O-2].[V]. The summed E-state index contributed by atoms with van der Waals surface area (Å²) in [5.41, 5.74) is 0. The minimum absolute atomic E-state index is 0. The van der Waals surface area contributed by atoms with E-state index in [0.29, 0.717) is 0 Å². The first-order valence-electron chi connectivity index (χ1n) is 0. The maximum Gasteiger partial charge on any atom is 2.00 e. The van der Waals surface area contributed by atoms with Gasteiger partial charge in [-0.1, -0.05) is 0 Å². The minimum Gasteiger partial charge on any atom is -2.00 e. The summed E-state index contributed by atoms with van der Waals surface area (Å²) >= 11 is 0. The van der Waals surface area contributed by atoms with E-state index >= 15 is 0 Å². The van der Waals surface area contributed by atoms with Gasteiger partial charge >= 0.3 is 39.4 Å². The topological polar surface area (TPSA) is 114 Å². The van der Waals surface area contributed by atoms with Gasteiger partial charge in [-0.2, -0.15) is 0 Å². The summed E-state index contributed by atoms with van der Waals surface area (Å²) in [6, 6.07) is 0. The van der Waals surface area contributed by atoms with Crippen LogP contribution in [0.1, 0.15) is 0 Å². The molecule has 0 aliphatic heterocycles. The predicted octanol–water partition coefficient (Wildman–Crippen LogP) is -0.483. The van der Waals surface area contributed by atoms with Crippen LogP contribution in [0.2, 0.25) is 0 Å². The molecule has 0 fully saturated rings. The van der Waals surface area contributed by atoms with Gasteiger partial charge in [0.05, 0.1) is 0 Å². The van der Waals surface area contributed by atoms with Crippen molar-refractivity contribution in [1.82, 2.24) is 0 Å². The van der Waals surface area contributed by atoms with Crippen molar-refractivity contribution in [3.8, 4) is 0 Å². The average molecular weight is 278 g/mol. The molecule has 0 amide bonds. The Hall–Kier alpha value is 1.68. The summed E-state index contributed by atoms with van der Waals surface area (Å²) < 4.78 is 0. The van der Waals surface area contributed by atoms with Gasteiger partial charge in [0, 0.05) is 18.6 Å². The molecule has 52 valence electrons. The molecule has 0 saturated carbocycles. The van der Waals surface area contributed by atoms with Crippen LogP contribution in [0.15, 0.2) is 0 Å². The van der Waals surface area contributed by atoms with Gasteiger partial charge in [-0.05, 0) is 0 Å². The zero-order valence-electron chi connectivity index (χ0n) is 2.76. The molecule has 0 aromatic heterocycles. The first kappa shape index (κ1) is 181. The molecule has 2 radical (unpaired) electrons. The van der Waals surface area contributed by atoms with Gasteiger partial charge in [-0.25, -0.2) is 0 Å². The summed E-state index contributed by atoms with van der Waals surface area (Å²) in [4.78, 5) is 0. The fourth-order valence-electron chi connectivity index (χ4n) is 0. The molecule has 4 nitrogen and oxygen atoms in total. The van der Waals surface area contributed by atoms with Crippen molar-refractivity contribution in [1.29, 1.82) is 0 Å². The molecule has 0 heterocycles. The maximum absolute atomic E-state index is 0. The maximum atomic E-state index is 0. The second kappa shape index (κ2) is 121. The van der Waals surface area contributed by atoms with Crippen LogP contribution in [0.3, 0.4) is 0 Å². The van der Waals surface area contributed by atoms with Crippen molar-refractivity contribution >= 4 is 0 Å². The van der Waals surface area contributed by atoms with E-state index in [1.54, 1.807) is 0 Å². The van der Waals surface area contributed by atoms with Crippen LogP contribution in [-0.2, 0) is 79.9 Å². The Balaban J connectivity index is 0. The molecule has 0 unspecified atom stereocenters. The van der Waals surface area contributed by atoms with E-state index in [0.717, 1.165) is 0 Å². The summed E-state index contributed by atoms with van der Waals surface area (Å²) in [5, 5.41) is 0. The Morgan fingerprint density at radius 3 is 0.571 bits per heavy atom. The van der Waals surface area contributed by atoms with Gasteiger partial charge < -0.3 is 21.9 Å². The zero-order chi connectivity index (χ0) is 0. The largest absolute Gasteiger partial charge is 2.00 e. The summed E-state index contributed by atoms with van der Waals surface area (Å²) in [5.74, 6) is 0. The van der Waals surface area contributed by atoms with Gasteiger partial charge in [0.2, 0.25) is 0 Å². The first-order chi connectivity index (χ1) is 0. The standard InChI is InChI=1S/Ag.Mn.4O.V/q+1;+2;4*-2;. The van der Waals surface area contributed by atoms with Crippen LogP contribution in [0.5, 0.6) is 0 Å². The van der Waals surface area contributed by atoms with Crippen LogP contribution in [-0.4, -0.2) is 0 Å². The van der Waals surface area contributed by atoms with Gasteiger partial charge in [0.15, 0.2) is 0 Å². The van der Waals surface area contributed by atoms with E-state index in [2.05, 4.69) is 0 Å². The van der Waals surface area contributed by atoms with E-state index in [-0.39, 0.29) is 79.9 Å². The third-order valence-corrected chi connectivity index (χ3v) is 0. The smallest absolute Gasteiger partial charge is 2.00 e. The summed E-state index contributed by atoms with van der Waals surface area (Å²) in [7, 11) is 0. The Labute approximate surface area is 79.5 Å². The molecule has 0 atom stereocenters. The van der Waals surface area contributed by atoms with Crippen molar-refractivity contribution in [3.05, 3.63) is 0 Å². The van der Waals surface area contributed by atoms with Gasteiger partial charge in [-0.3, -0.25) is 0 Å². The molecule has 0 rings (SSSR count). The fraction of sp³-hybridized carbons (Fsp3) is 0. The fourth-order valence-corrected chi connectivity index (χ4v) is 0. The molecule has 7 heavy (non-hydrogen) atoms. The number of hydrogen-bond acceptors (Lipinski definition) is 0. The molecule has 0 bridgehead atoms. The second-order valence-electron chi connectivity index (χ2n) is 0.